The van der Waals surface area contributed by atoms with Gasteiger partial charge in [0.1, 0.15) is 11.3 Å². The lowest BCUT2D eigenvalue weighted by molar-refractivity contribution is -0.134. The van der Waals surface area contributed by atoms with Crippen LogP contribution >= 0.6 is 47.8 Å². The van der Waals surface area contributed by atoms with Gasteiger partial charge in [-0.05, 0) is 50.1 Å². The largest absolute Gasteiger partial charge is 0.493 e. The van der Waals surface area contributed by atoms with Gasteiger partial charge in [0.25, 0.3) is 5.91 Å². The highest BCUT2D eigenvalue weighted by Gasteiger charge is 2.22. The summed E-state index contributed by atoms with van der Waals surface area (Å²) in [6, 6.07) is 6.83. The number of rotatable bonds is 6. The quantitative estimate of drug-likeness (QED) is 0.255. The summed E-state index contributed by atoms with van der Waals surface area (Å²) in [6.45, 7) is 0. The summed E-state index contributed by atoms with van der Waals surface area (Å²) in [4.78, 5) is 31.3. The predicted octanol–water partition coefficient (Wildman–Crippen LogP) is 4.55. The van der Waals surface area contributed by atoms with Crippen molar-refractivity contribution in [3.63, 3.8) is 0 Å². The number of fused-ring (bicyclic) bond motifs is 1. The normalized spacial score (nSPS) is 10.9. The number of esters is 1. The molecular formula is C18H14Br3N3O4. The molecule has 0 radical (unpaired) electrons. The number of imidazole rings is 1. The Kier molecular flexibility index (Phi) is 6.41. The van der Waals surface area contributed by atoms with Crippen molar-refractivity contribution in [1.82, 2.24) is 9.97 Å². The zero-order chi connectivity index (χ0) is 20.4. The molecular weight excluding hydrogens is 562 g/mol. The maximum absolute atomic E-state index is 11.9. The van der Waals surface area contributed by atoms with Crippen LogP contribution < -0.4 is 15.2 Å². The number of aromatic nitrogens is 2. The van der Waals surface area contributed by atoms with E-state index in [2.05, 4.69) is 57.8 Å². The number of primary amides is 1. The third kappa shape index (κ3) is 3.94. The summed E-state index contributed by atoms with van der Waals surface area (Å²) >= 11 is 10.2. The number of hydrogen-bond acceptors (Lipinski definition) is 5. The van der Waals surface area contributed by atoms with E-state index in [1.807, 2.05) is 0 Å². The Morgan fingerprint density at radius 1 is 1.25 bits per heavy atom. The second-order valence-corrected chi connectivity index (χ2v) is 8.03. The average Bonchev–Trinajstić information content (AvgIpc) is 3.09. The van der Waals surface area contributed by atoms with Crippen molar-refractivity contribution in [2.24, 2.45) is 5.73 Å². The van der Waals surface area contributed by atoms with Gasteiger partial charge in [-0.2, -0.15) is 0 Å². The van der Waals surface area contributed by atoms with E-state index in [9.17, 15) is 9.59 Å². The van der Waals surface area contributed by atoms with Gasteiger partial charge in [0.15, 0.2) is 11.5 Å². The van der Waals surface area contributed by atoms with Crippen molar-refractivity contribution in [2.45, 2.75) is 6.42 Å². The molecule has 7 nitrogen and oxygen atoms in total. The highest BCUT2D eigenvalue weighted by molar-refractivity contribution is 9.13. The minimum atomic E-state index is -0.560. The molecule has 3 rings (SSSR count). The number of alkyl halides is 1. The standard InChI is InChI=1S/C18H14Br3N3O4/c1-27-11-7-9(13(20)14(21)16(11)28-12(25)5-6-19)18-23-10-4-2-3-8(17(22)26)15(10)24-18/h2-4,7H,5-6H2,1H3,(H2,22,26)(H,23,24). The number of nitrogens with one attached hydrogen (secondary N) is 1. The zero-order valence-electron chi connectivity index (χ0n) is 14.5. The van der Waals surface area contributed by atoms with Crippen LogP contribution in [0.2, 0.25) is 0 Å². The fourth-order valence-corrected chi connectivity index (χ4v) is 3.90. The topological polar surface area (TPSA) is 107 Å². The molecule has 0 aliphatic heterocycles. The van der Waals surface area contributed by atoms with Gasteiger partial charge in [0.2, 0.25) is 0 Å². The van der Waals surface area contributed by atoms with E-state index in [0.717, 1.165) is 0 Å². The van der Waals surface area contributed by atoms with E-state index in [4.69, 9.17) is 15.2 Å². The molecule has 1 aromatic heterocycles. The fourth-order valence-electron chi connectivity index (χ4n) is 2.61. The third-order valence-corrected chi connectivity index (χ3v) is 6.40. The van der Waals surface area contributed by atoms with Crippen LogP contribution in [0.25, 0.3) is 22.4 Å². The smallest absolute Gasteiger partial charge is 0.312 e. The maximum Gasteiger partial charge on any atom is 0.312 e. The van der Waals surface area contributed by atoms with Crippen LogP contribution in [0.4, 0.5) is 0 Å². The first-order valence-corrected chi connectivity index (χ1v) is 10.7. The molecule has 1 heterocycles. The zero-order valence-corrected chi connectivity index (χ0v) is 19.3. The lowest BCUT2D eigenvalue weighted by Crippen LogP contribution is -2.11. The van der Waals surface area contributed by atoms with E-state index in [1.165, 1.54) is 7.11 Å². The first kappa shape index (κ1) is 20.8. The number of aromatic amines is 1. The molecule has 3 aromatic rings. The molecule has 0 saturated heterocycles. The van der Waals surface area contributed by atoms with Crippen LogP contribution in [0.3, 0.4) is 0 Å². The van der Waals surface area contributed by atoms with Gasteiger partial charge in [-0.1, -0.05) is 22.0 Å². The average molecular weight is 576 g/mol. The highest BCUT2D eigenvalue weighted by Crippen LogP contribution is 2.46. The van der Waals surface area contributed by atoms with Crippen molar-refractivity contribution >= 4 is 70.7 Å². The number of hydrogen-bond donors (Lipinski definition) is 2. The van der Waals surface area contributed by atoms with E-state index in [1.54, 1.807) is 24.3 Å². The number of ether oxygens (including phenoxy) is 2. The number of nitrogens with two attached hydrogens (primary N) is 1. The number of carbonyl (C=O) groups is 2. The summed E-state index contributed by atoms with van der Waals surface area (Å²) in [7, 11) is 1.48. The summed E-state index contributed by atoms with van der Waals surface area (Å²) in [5, 5.41) is 0.492. The molecule has 0 unspecified atom stereocenters. The molecule has 0 spiro atoms. The molecule has 1 amide bonds. The third-order valence-electron chi connectivity index (χ3n) is 3.90. The number of benzene rings is 2. The van der Waals surface area contributed by atoms with Crippen molar-refractivity contribution in [1.29, 1.82) is 0 Å². The van der Waals surface area contributed by atoms with Gasteiger partial charge in [-0.3, -0.25) is 9.59 Å². The van der Waals surface area contributed by atoms with Gasteiger partial charge in [0.05, 0.1) is 29.1 Å². The van der Waals surface area contributed by atoms with Crippen LogP contribution in [0.5, 0.6) is 11.5 Å². The molecule has 0 aliphatic rings. The summed E-state index contributed by atoms with van der Waals surface area (Å²) in [5.41, 5.74) is 7.55. The predicted molar refractivity (Wildman–Crippen MR) is 116 cm³/mol. The minimum absolute atomic E-state index is 0.217. The van der Waals surface area contributed by atoms with Gasteiger partial charge < -0.3 is 20.2 Å². The number of amides is 1. The number of halogens is 3. The molecule has 0 atom stereocenters. The van der Waals surface area contributed by atoms with Crippen LogP contribution in [-0.2, 0) is 4.79 Å². The SMILES string of the molecule is COc1cc(-c2nc3c(C(N)=O)cccc3[nH]2)c(Br)c(Br)c1OC(=O)CCBr. The van der Waals surface area contributed by atoms with Gasteiger partial charge in [-0.15, -0.1) is 0 Å². The van der Waals surface area contributed by atoms with Gasteiger partial charge in [0, 0.05) is 15.4 Å². The number of methoxy groups -OCH3 is 1. The van der Waals surface area contributed by atoms with E-state index in [-0.39, 0.29) is 12.2 Å². The van der Waals surface area contributed by atoms with Crippen LogP contribution in [0.1, 0.15) is 16.8 Å². The molecule has 146 valence electrons. The summed E-state index contributed by atoms with van der Waals surface area (Å²) in [6.07, 6.45) is 0.217. The van der Waals surface area contributed by atoms with Gasteiger partial charge >= 0.3 is 5.97 Å². The second kappa shape index (κ2) is 8.62. The minimum Gasteiger partial charge on any atom is -0.493 e. The summed E-state index contributed by atoms with van der Waals surface area (Å²) in [5.74, 6) is 0.149. The Balaban J connectivity index is 2.14. The molecule has 10 heteroatoms. The van der Waals surface area contributed by atoms with Crippen molar-refractivity contribution in [3.05, 3.63) is 38.8 Å². The fraction of sp³-hybridized carbons (Fsp3) is 0.167. The van der Waals surface area contributed by atoms with Crippen LogP contribution in [0.15, 0.2) is 33.2 Å². The Morgan fingerprint density at radius 3 is 2.64 bits per heavy atom. The molecule has 0 bridgehead atoms. The van der Waals surface area contributed by atoms with Crippen molar-refractivity contribution < 1.29 is 19.1 Å². The van der Waals surface area contributed by atoms with E-state index >= 15 is 0 Å². The second-order valence-electron chi connectivity index (χ2n) is 5.65. The monoisotopic (exact) mass is 573 g/mol. The molecule has 0 aliphatic carbocycles. The number of para-hydroxylation sites is 1. The Morgan fingerprint density at radius 2 is 2.00 bits per heavy atom. The first-order chi connectivity index (χ1) is 13.4. The molecule has 28 heavy (non-hydrogen) atoms. The molecule has 0 saturated carbocycles. The number of nitrogens with zero attached hydrogens (tertiary/aromatic N) is 1. The van der Waals surface area contributed by atoms with E-state index < -0.39 is 11.9 Å². The number of carbonyl (C=O) groups excluding carboxylic acids is 2. The number of H-pyrrole nitrogens is 1. The lowest BCUT2D eigenvalue weighted by Gasteiger charge is -2.14. The molecule has 3 N–H and O–H groups in total. The highest BCUT2D eigenvalue weighted by atomic mass is 79.9. The van der Waals surface area contributed by atoms with E-state index in [0.29, 0.717) is 48.0 Å². The lowest BCUT2D eigenvalue weighted by atomic mass is 10.2. The Bertz CT molecular complexity index is 1080. The van der Waals surface area contributed by atoms with Crippen LogP contribution in [-0.4, -0.2) is 34.3 Å². The summed E-state index contributed by atoms with van der Waals surface area (Å²) < 4.78 is 11.9. The van der Waals surface area contributed by atoms with Crippen molar-refractivity contribution in [2.75, 3.05) is 12.4 Å². The first-order valence-electron chi connectivity index (χ1n) is 7.98. The Labute approximate surface area is 185 Å². The van der Waals surface area contributed by atoms with Crippen LogP contribution in [0, 0.1) is 0 Å². The van der Waals surface area contributed by atoms with Crippen molar-refractivity contribution in [3.8, 4) is 22.9 Å². The molecule has 0 fully saturated rings. The van der Waals surface area contributed by atoms with Gasteiger partial charge in [-0.25, -0.2) is 4.98 Å². The molecule has 2 aromatic carbocycles. The maximum atomic E-state index is 11.9. The Hall–Kier alpha value is -1.91.